The monoisotopic (exact) mass is 374 g/mol. The van der Waals surface area contributed by atoms with Crippen LogP contribution in [-0.2, 0) is 6.54 Å². The first-order chi connectivity index (χ1) is 12.6. The number of likely N-dealkylation sites (tertiary alicyclic amines) is 2. The minimum Gasteiger partial charge on any atom is -0.495 e. The zero-order valence-corrected chi connectivity index (χ0v) is 15.9. The number of hydrogen-bond acceptors (Lipinski definition) is 3. The van der Waals surface area contributed by atoms with Gasteiger partial charge in [0, 0.05) is 32.2 Å². The summed E-state index contributed by atoms with van der Waals surface area (Å²) in [5.41, 5.74) is 2.18. The molecule has 2 aromatic carbocycles. The molecule has 2 aromatic rings. The first-order valence-corrected chi connectivity index (χ1v) is 9.44. The van der Waals surface area contributed by atoms with E-state index in [-0.39, 0.29) is 11.9 Å². The van der Waals surface area contributed by atoms with Crippen LogP contribution in [0.25, 0.3) is 0 Å². The molecule has 0 N–H and O–H groups in total. The van der Waals surface area contributed by atoms with E-state index in [9.17, 15) is 4.39 Å². The quantitative estimate of drug-likeness (QED) is 0.796. The van der Waals surface area contributed by atoms with Crippen molar-refractivity contribution in [1.82, 2.24) is 9.80 Å². The minimum absolute atomic E-state index is 0.155. The largest absolute Gasteiger partial charge is 0.495 e. The van der Waals surface area contributed by atoms with Gasteiger partial charge < -0.3 is 4.74 Å². The van der Waals surface area contributed by atoms with Crippen molar-refractivity contribution in [2.75, 3.05) is 33.8 Å². The van der Waals surface area contributed by atoms with Crippen molar-refractivity contribution in [3.8, 4) is 5.75 Å². The van der Waals surface area contributed by atoms with Crippen LogP contribution in [0.3, 0.4) is 0 Å². The maximum Gasteiger partial charge on any atom is 0.137 e. The Labute approximate surface area is 159 Å². The van der Waals surface area contributed by atoms with Crippen LogP contribution in [-0.4, -0.2) is 43.6 Å². The van der Waals surface area contributed by atoms with Crippen molar-refractivity contribution in [2.45, 2.75) is 12.6 Å². The van der Waals surface area contributed by atoms with Crippen LogP contribution in [0.1, 0.15) is 17.2 Å². The second-order valence-corrected chi connectivity index (χ2v) is 7.87. The molecule has 3 atom stereocenters. The van der Waals surface area contributed by atoms with Gasteiger partial charge in [0.05, 0.1) is 12.1 Å². The van der Waals surface area contributed by atoms with Gasteiger partial charge in [0.25, 0.3) is 0 Å². The summed E-state index contributed by atoms with van der Waals surface area (Å²) in [5.74, 6) is 1.70. The summed E-state index contributed by atoms with van der Waals surface area (Å²) in [6.07, 6.45) is 0. The molecule has 5 heteroatoms. The van der Waals surface area contributed by atoms with Gasteiger partial charge in [-0.05, 0) is 48.2 Å². The molecule has 3 nitrogen and oxygen atoms in total. The van der Waals surface area contributed by atoms with Crippen molar-refractivity contribution >= 4 is 11.6 Å². The van der Waals surface area contributed by atoms with E-state index in [1.54, 1.807) is 13.2 Å². The second kappa shape index (κ2) is 7.18. The molecular weight excluding hydrogens is 351 g/mol. The molecule has 0 saturated carbocycles. The Morgan fingerprint density at radius 2 is 1.96 bits per heavy atom. The average molecular weight is 375 g/mol. The molecule has 0 unspecified atom stereocenters. The molecule has 0 aliphatic carbocycles. The molecule has 0 amide bonds. The number of methoxy groups -OCH3 is 1. The van der Waals surface area contributed by atoms with Crippen LogP contribution in [0, 0.1) is 17.7 Å². The Balaban J connectivity index is 1.51. The summed E-state index contributed by atoms with van der Waals surface area (Å²) in [5, 5.41) is 0.700. The Hall–Kier alpha value is -1.62. The lowest BCUT2D eigenvalue weighted by Gasteiger charge is -2.27. The predicted molar refractivity (Wildman–Crippen MR) is 102 cm³/mol. The fraction of sp³-hybridized carbons (Fsp3) is 0.429. The SMILES string of the molecule is COc1cccc(CN2C[C@@H]3CN(C)[C@@H](c4cccc(F)c4)[C@@H]3C2)c1Cl. The van der Waals surface area contributed by atoms with Gasteiger partial charge in [-0.2, -0.15) is 0 Å². The normalized spacial score (nSPS) is 26.2. The molecule has 2 fully saturated rings. The molecule has 4 rings (SSSR count). The maximum atomic E-state index is 13.7. The highest BCUT2D eigenvalue weighted by Gasteiger charge is 2.46. The predicted octanol–water partition coefficient (Wildman–Crippen LogP) is 4.22. The van der Waals surface area contributed by atoms with E-state index in [1.165, 1.54) is 6.07 Å². The lowest BCUT2D eigenvalue weighted by molar-refractivity contribution is 0.224. The van der Waals surface area contributed by atoms with Gasteiger partial charge >= 0.3 is 0 Å². The third-order valence-electron chi connectivity index (χ3n) is 5.82. The molecule has 2 saturated heterocycles. The van der Waals surface area contributed by atoms with Gasteiger partial charge in [-0.3, -0.25) is 9.80 Å². The van der Waals surface area contributed by atoms with Crippen molar-refractivity contribution in [2.24, 2.45) is 11.8 Å². The summed E-state index contributed by atoms with van der Waals surface area (Å²) < 4.78 is 19.0. The fourth-order valence-electron chi connectivity index (χ4n) is 4.75. The Morgan fingerprint density at radius 3 is 2.73 bits per heavy atom. The number of halogens is 2. The van der Waals surface area contributed by atoms with Crippen LogP contribution in [0.2, 0.25) is 5.02 Å². The third-order valence-corrected chi connectivity index (χ3v) is 6.25. The molecule has 2 heterocycles. The van der Waals surface area contributed by atoms with Crippen LogP contribution >= 0.6 is 11.6 Å². The van der Waals surface area contributed by atoms with Crippen molar-refractivity contribution in [3.05, 3.63) is 64.4 Å². The number of benzene rings is 2. The van der Waals surface area contributed by atoms with Gasteiger partial charge in [-0.1, -0.05) is 35.9 Å². The zero-order chi connectivity index (χ0) is 18.3. The Bertz CT molecular complexity index is 799. The highest BCUT2D eigenvalue weighted by molar-refractivity contribution is 6.32. The highest BCUT2D eigenvalue weighted by atomic mass is 35.5. The second-order valence-electron chi connectivity index (χ2n) is 7.49. The highest BCUT2D eigenvalue weighted by Crippen LogP contribution is 2.44. The molecular formula is C21H24ClFN2O. The van der Waals surface area contributed by atoms with Crippen LogP contribution < -0.4 is 4.74 Å². The van der Waals surface area contributed by atoms with E-state index in [0.717, 1.165) is 43.1 Å². The summed E-state index contributed by atoms with van der Waals surface area (Å²) in [6.45, 7) is 3.93. The van der Waals surface area contributed by atoms with E-state index in [1.807, 2.05) is 24.3 Å². The van der Waals surface area contributed by atoms with Crippen LogP contribution in [0.4, 0.5) is 4.39 Å². The van der Waals surface area contributed by atoms with Crippen molar-refractivity contribution in [1.29, 1.82) is 0 Å². The topological polar surface area (TPSA) is 15.7 Å². The maximum absolute atomic E-state index is 13.7. The molecule has 0 radical (unpaired) electrons. The van der Waals surface area contributed by atoms with E-state index in [2.05, 4.69) is 22.9 Å². The number of hydrogen-bond donors (Lipinski definition) is 0. The van der Waals surface area contributed by atoms with Gasteiger partial charge in [0.2, 0.25) is 0 Å². The molecule has 26 heavy (non-hydrogen) atoms. The first-order valence-electron chi connectivity index (χ1n) is 9.06. The number of ether oxygens (including phenoxy) is 1. The molecule has 138 valence electrons. The van der Waals surface area contributed by atoms with E-state index in [0.29, 0.717) is 16.9 Å². The fourth-order valence-corrected chi connectivity index (χ4v) is 5.01. The summed E-state index contributed by atoms with van der Waals surface area (Å²) in [4.78, 5) is 4.84. The first kappa shape index (κ1) is 17.8. The van der Waals surface area contributed by atoms with E-state index in [4.69, 9.17) is 16.3 Å². The lowest BCUT2D eigenvalue weighted by Crippen LogP contribution is -2.29. The number of fused-ring (bicyclic) bond motifs is 1. The summed E-state index contributed by atoms with van der Waals surface area (Å²) >= 11 is 6.47. The summed E-state index contributed by atoms with van der Waals surface area (Å²) in [7, 11) is 3.79. The average Bonchev–Trinajstić information content (AvgIpc) is 3.12. The molecule has 2 aliphatic rings. The van der Waals surface area contributed by atoms with E-state index >= 15 is 0 Å². The van der Waals surface area contributed by atoms with Crippen molar-refractivity contribution < 1.29 is 9.13 Å². The zero-order valence-electron chi connectivity index (χ0n) is 15.2. The smallest absolute Gasteiger partial charge is 0.137 e. The van der Waals surface area contributed by atoms with Gasteiger partial charge in [0.15, 0.2) is 0 Å². The minimum atomic E-state index is -0.155. The van der Waals surface area contributed by atoms with Crippen LogP contribution in [0.5, 0.6) is 5.75 Å². The van der Waals surface area contributed by atoms with Crippen LogP contribution in [0.15, 0.2) is 42.5 Å². The molecule has 0 aromatic heterocycles. The third kappa shape index (κ3) is 3.22. The molecule has 0 bridgehead atoms. The Kier molecular flexibility index (Phi) is 4.91. The molecule has 2 aliphatic heterocycles. The Morgan fingerprint density at radius 1 is 1.15 bits per heavy atom. The number of nitrogens with zero attached hydrogens (tertiary/aromatic N) is 2. The summed E-state index contributed by atoms with van der Waals surface area (Å²) in [6, 6.07) is 13.3. The standard InChI is InChI=1S/C21H24ClFN2O/c1-24-10-16-12-25(11-15-6-4-8-19(26-2)20(15)22)13-18(16)21(24)14-5-3-7-17(23)9-14/h3-9,16,18,21H,10-13H2,1-2H3/t16-,18+,21-/m0/s1. The van der Waals surface area contributed by atoms with Crippen molar-refractivity contribution in [3.63, 3.8) is 0 Å². The van der Waals surface area contributed by atoms with Gasteiger partial charge in [-0.15, -0.1) is 0 Å². The van der Waals surface area contributed by atoms with E-state index < -0.39 is 0 Å². The molecule has 0 spiro atoms. The number of rotatable bonds is 4. The van der Waals surface area contributed by atoms with Gasteiger partial charge in [0.1, 0.15) is 11.6 Å². The lowest BCUT2D eigenvalue weighted by atomic mass is 9.89. The van der Waals surface area contributed by atoms with Gasteiger partial charge in [-0.25, -0.2) is 4.39 Å².